The molecule has 0 atom stereocenters. The SMILES string of the molecule is CC(C)OC(=O)N(C)C1(CN)CCCCCC1. The lowest BCUT2D eigenvalue weighted by atomic mass is 9.89. The van der Waals surface area contributed by atoms with Gasteiger partial charge >= 0.3 is 6.09 Å². The molecule has 0 saturated heterocycles. The minimum Gasteiger partial charge on any atom is -0.447 e. The van der Waals surface area contributed by atoms with Gasteiger partial charge in [-0.2, -0.15) is 0 Å². The predicted molar refractivity (Wildman–Crippen MR) is 68.9 cm³/mol. The predicted octanol–water partition coefficient (Wildman–Crippen LogP) is 2.51. The number of hydrogen-bond acceptors (Lipinski definition) is 3. The van der Waals surface area contributed by atoms with Gasteiger partial charge in [-0.3, -0.25) is 0 Å². The fourth-order valence-corrected chi connectivity index (χ4v) is 2.54. The quantitative estimate of drug-likeness (QED) is 0.774. The Balaban J connectivity index is 2.72. The first-order valence-electron chi connectivity index (χ1n) is 6.66. The van der Waals surface area contributed by atoms with E-state index in [0.29, 0.717) is 6.54 Å². The van der Waals surface area contributed by atoms with Gasteiger partial charge in [-0.1, -0.05) is 25.7 Å². The van der Waals surface area contributed by atoms with Gasteiger partial charge in [0.05, 0.1) is 11.6 Å². The zero-order valence-electron chi connectivity index (χ0n) is 11.4. The maximum atomic E-state index is 12.0. The maximum absolute atomic E-state index is 12.0. The third-order valence-electron chi connectivity index (χ3n) is 3.74. The maximum Gasteiger partial charge on any atom is 0.410 e. The molecule has 0 aromatic carbocycles. The molecule has 0 spiro atoms. The summed E-state index contributed by atoms with van der Waals surface area (Å²) >= 11 is 0. The normalized spacial score (nSPS) is 19.8. The number of nitrogens with two attached hydrogens (primary N) is 1. The van der Waals surface area contributed by atoms with Crippen LogP contribution in [-0.4, -0.2) is 36.2 Å². The molecule has 1 aliphatic carbocycles. The molecule has 0 aromatic rings. The number of rotatable bonds is 3. The molecule has 0 heterocycles. The van der Waals surface area contributed by atoms with E-state index in [2.05, 4.69) is 0 Å². The van der Waals surface area contributed by atoms with Crippen LogP contribution in [0.25, 0.3) is 0 Å². The summed E-state index contributed by atoms with van der Waals surface area (Å²) in [6, 6.07) is 0. The molecule has 1 fully saturated rings. The largest absolute Gasteiger partial charge is 0.447 e. The Morgan fingerprint density at radius 3 is 2.24 bits per heavy atom. The molecule has 1 rings (SSSR count). The average molecular weight is 242 g/mol. The Morgan fingerprint density at radius 2 is 1.82 bits per heavy atom. The van der Waals surface area contributed by atoms with E-state index in [1.54, 1.807) is 4.90 Å². The van der Waals surface area contributed by atoms with Gasteiger partial charge in [0.15, 0.2) is 0 Å². The summed E-state index contributed by atoms with van der Waals surface area (Å²) in [5.41, 5.74) is 5.74. The molecule has 1 aliphatic rings. The number of nitrogens with zero attached hydrogens (tertiary/aromatic N) is 1. The molecule has 0 aliphatic heterocycles. The van der Waals surface area contributed by atoms with E-state index < -0.39 is 0 Å². The molecular weight excluding hydrogens is 216 g/mol. The summed E-state index contributed by atoms with van der Waals surface area (Å²) in [5, 5.41) is 0. The van der Waals surface area contributed by atoms with Crippen LogP contribution in [-0.2, 0) is 4.74 Å². The first-order valence-corrected chi connectivity index (χ1v) is 6.66. The van der Waals surface area contributed by atoms with E-state index in [1.807, 2.05) is 20.9 Å². The number of likely N-dealkylation sites (N-methyl/N-ethyl adjacent to an activating group) is 1. The van der Waals surface area contributed by atoms with Crippen molar-refractivity contribution >= 4 is 6.09 Å². The monoisotopic (exact) mass is 242 g/mol. The van der Waals surface area contributed by atoms with Crippen molar-refractivity contribution in [2.24, 2.45) is 5.73 Å². The standard InChI is InChI=1S/C13H26N2O2/c1-11(2)17-12(16)15(3)13(10-14)8-6-4-5-7-9-13/h11H,4-10,14H2,1-3H3. The Hall–Kier alpha value is -0.770. The van der Waals surface area contributed by atoms with E-state index in [0.717, 1.165) is 25.7 Å². The average Bonchev–Trinajstić information content (AvgIpc) is 2.53. The first kappa shape index (κ1) is 14.3. The highest BCUT2D eigenvalue weighted by Crippen LogP contribution is 2.31. The highest BCUT2D eigenvalue weighted by Gasteiger charge is 2.37. The third-order valence-corrected chi connectivity index (χ3v) is 3.74. The molecule has 4 heteroatoms. The zero-order valence-corrected chi connectivity index (χ0v) is 11.4. The van der Waals surface area contributed by atoms with Gasteiger partial charge in [0, 0.05) is 13.6 Å². The summed E-state index contributed by atoms with van der Waals surface area (Å²) in [5.74, 6) is 0. The Kier molecular flexibility index (Phi) is 5.25. The number of carbonyl (C=O) groups is 1. The second-order valence-electron chi connectivity index (χ2n) is 5.33. The first-order chi connectivity index (χ1) is 8.02. The van der Waals surface area contributed by atoms with Crippen LogP contribution < -0.4 is 5.73 Å². The summed E-state index contributed by atoms with van der Waals surface area (Å²) in [7, 11) is 1.82. The van der Waals surface area contributed by atoms with Gasteiger partial charge in [0.2, 0.25) is 0 Å². The third kappa shape index (κ3) is 3.60. The second-order valence-corrected chi connectivity index (χ2v) is 5.33. The molecule has 17 heavy (non-hydrogen) atoms. The van der Waals surface area contributed by atoms with Crippen molar-refractivity contribution in [3.63, 3.8) is 0 Å². The van der Waals surface area contributed by atoms with Crippen molar-refractivity contribution in [3.8, 4) is 0 Å². The molecule has 1 amide bonds. The topological polar surface area (TPSA) is 55.6 Å². The van der Waals surface area contributed by atoms with Crippen molar-refractivity contribution < 1.29 is 9.53 Å². The van der Waals surface area contributed by atoms with Crippen molar-refractivity contribution in [2.45, 2.75) is 64.0 Å². The van der Waals surface area contributed by atoms with Gasteiger partial charge in [0.25, 0.3) is 0 Å². The highest BCUT2D eigenvalue weighted by atomic mass is 16.6. The molecule has 0 unspecified atom stereocenters. The highest BCUT2D eigenvalue weighted by molar-refractivity contribution is 5.68. The minimum atomic E-state index is -0.243. The lowest BCUT2D eigenvalue weighted by molar-refractivity contribution is 0.0415. The van der Waals surface area contributed by atoms with E-state index in [4.69, 9.17) is 10.5 Å². The van der Waals surface area contributed by atoms with Crippen LogP contribution in [0.4, 0.5) is 4.79 Å². The van der Waals surface area contributed by atoms with E-state index in [9.17, 15) is 4.79 Å². The summed E-state index contributed by atoms with van der Waals surface area (Å²) in [6.07, 6.45) is 6.45. The van der Waals surface area contributed by atoms with Crippen LogP contribution in [0.3, 0.4) is 0 Å². The van der Waals surface area contributed by atoms with Crippen LogP contribution >= 0.6 is 0 Å². The molecule has 0 bridgehead atoms. The van der Waals surface area contributed by atoms with Gasteiger partial charge in [-0.25, -0.2) is 4.79 Å². The Labute approximate surface area is 104 Å². The minimum absolute atomic E-state index is 0.0782. The van der Waals surface area contributed by atoms with E-state index >= 15 is 0 Å². The molecule has 0 aromatic heterocycles. The fourth-order valence-electron chi connectivity index (χ4n) is 2.54. The molecular formula is C13H26N2O2. The fraction of sp³-hybridized carbons (Fsp3) is 0.923. The van der Waals surface area contributed by atoms with Crippen molar-refractivity contribution in [1.29, 1.82) is 0 Å². The molecule has 0 radical (unpaired) electrons. The zero-order chi connectivity index (χ0) is 12.9. The second kappa shape index (κ2) is 6.24. The van der Waals surface area contributed by atoms with Crippen LogP contribution in [0.2, 0.25) is 0 Å². The van der Waals surface area contributed by atoms with E-state index in [-0.39, 0.29) is 17.7 Å². The number of hydrogen-bond donors (Lipinski definition) is 1. The van der Waals surface area contributed by atoms with Gasteiger partial charge in [-0.15, -0.1) is 0 Å². The Bertz CT molecular complexity index is 246. The lowest BCUT2D eigenvalue weighted by Crippen LogP contribution is -2.54. The van der Waals surface area contributed by atoms with Gasteiger partial charge in [0.1, 0.15) is 0 Å². The Morgan fingerprint density at radius 1 is 1.29 bits per heavy atom. The molecule has 2 N–H and O–H groups in total. The molecule has 1 saturated carbocycles. The summed E-state index contributed by atoms with van der Waals surface area (Å²) < 4.78 is 5.26. The van der Waals surface area contributed by atoms with Crippen LogP contribution in [0.1, 0.15) is 52.4 Å². The van der Waals surface area contributed by atoms with E-state index in [1.165, 1.54) is 12.8 Å². The molecule has 4 nitrogen and oxygen atoms in total. The lowest BCUT2D eigenvalue weighted by Gasteiger charge is -2.40. The molecule has 100 valence electrons. The van der Waals surface area contributed by atoms with Crippen LogP contribution in [0, 0.1) is 0 Å². The van der Waals surface area contributed by atoms with Crippen LogP contribution in [0.15, 0.2) is 0 Å². The van der Waals surface area contributed by atoms with Crippen molar-refractivity contribution in [1.82, 2.24) is 4.90 Å². The van der Waals surface area contributed by atoms with Gasteiger partial charge < -0.3 is 15.4 Å². The van der Waals surface area contributed by atoms with Crippen molar-refractivity contribution in [3.05, 3.63) is 0 Å². The number of carbonyl (C=O) groups excluding carboxylic acids is 1. The van der Waals surface area contributed by atoms with Crippen molar-refractivity contribution in [2.75, 3.05) is 13.6 Å². The number of amides is 1. The van der Waals surface area contributed by atoms with Gasteiger partial charge in [-0.05, 0) is 26.7 Å². The summed E-state index contributed by atoms with van der Waals surface area (Å²) in [6.45, 7) is 4.26. The summed E-state index contributed by atoms with van der Waals surface area (Å²) in [4.78, 5) is 13.7. The number of ether oxygens (including phenoxy) is 1. The smallest absolute Gasteiger partial charge is 0.410 e. The van der Waals surface area contributed by atoms with Crippen LogP contribution in [0.5, 0.6) is 0 Å².